The third-order valence-corrected chi connectivity index (χ3v) is 2.65. The van der Waals surface area contributed by atoms with Crippen molar-refractivity contribution in [2.24, 2.45) is 0 Å². The zero-order valence-electron chi connectivity index (χ0n) is 9.18. The molecule has 80 valence electrons. The van der Waals surface area contributed by atoms with Crippen LogP contribution in [0.3, 0.4) is 0 Å². The van der Waals surface area contributed by atoms with Gasteiger partial charge in [-0.25, -0.2) is 0 Å². The summed E-state index contributed by atoms with van der Waals surface area (Å²) < 4.78 is 0. The van der Waals surface area contributed by atoms with Crippen LogP contribution in [0.1, 0.15) is 22.8 Å². The summed E-state index contributed by atoms with van der Waals surface area (Å²) >= 11 is 0. The molecule has 1 heterocycles. The van der Waals surface area contributed by atoms with E-state index in [0.717, 1.165) is 23.8 Å². The lowest BCUT2D eigenvalue weighted by Crippen LogP contribution is -1.89. The molecule has 0 bridgehead atoms. The average molecular weight is 211 g/mol. The zero-order chi connectivity index (χ0) is 11.4. The van der Waals surface area contributed by atoms with Gasteiger partial charge in [-0.05, 0) is 29.2 Å². The summed E-state index contributed by atoms with van der Waals surface area (Å²) in [5.41, 5.74) is 3.92. The molecule has 2 aromatic rings. The molecule has 0 aliphatic carbocycles. The van der Waals surface area contributed by atoms with Crippen LogP contribution >= 0.6 is 0 Å². The largest absolute Gasteiger partial charge is 0.298 e. The minimum atomic E-state index is 0.631. The van der Waals surface area contributed by atoms with Gasteiger partial charge in [-0.2, -0.15) is 0 Å². The molecule has 0 amide bonds. The third-order valence-electron chi connectivity index (χ3n) is 2.65. The molecule has 0 aliphatic rings. The van der Waals surface area contributed by atoms with Crippen LogP contribution < -0.4 is 0 Å². The van der Waals surface area contributed by atoms with E-state index in [1.54, 1.807) is 12.4 Å². The molecule has 0 saturated carbocycles. The first kappa shape index (κ1) is 10.6. The van der Waals surface area contributed by atoms with Crippen LogP contribution in [0, 0.1) is 0 Å². The van der Waals surface area contributed by atoms with Crippen LogP contribution in [-0.4, -0.2) is 11.3 Å². The van der Waals surface area contributed by atoms with Crippen LogP contribution in [0.15, 0.2) is 42.7 Å². The number of nitrogens with zero attached hydrogens (tertiary/aromatic N) is 1. The second-order valence-corrected chi connectivity index (χ2v) is 3.63. The number of aldehydes is 1. The highest BCUT2D eigenvalue weighted by atomic mass is 16.1. The second-order valence-electron chi connectivity index (χ2n) is 3.63. The maximum absolute atomic E-state index is 10.9. The number of aryl methyl sites for hydroxylation is 1. The van der Waals surface area contributed by atoms with Crippen molar-refractivity contribution in [2.45, 2.75) is 13.3 Å². The third kappa shape index (κ3) is 2.01. The van der Waals surface area contributed by atoms with Gasteiger partial charge in [-0.15, -0.1) is 0 Å². The second kappa shape index (κ2) is 4.71. The van der Waals surface area contributed by atoms with Gasteiger partial charge in [0.2, 0.25) is 0 Å². The lowest BCUT2D eigenvalue weighted by Gasteiger charge is -2.05. The zero-order valence-corrected chi connectivity index (χ0v) is 9.18. The minimum Gasteiger partial charge on any atom is -0.298 e. The van der Waals surface area contributed by atoms with E-state index >= 15 is 0 Å². The maximum atomic E-state index is 10.9. The van der Waals surface area contributed by atoms with E-state index in [1.807, 2.05) is 18.2 Å². The molecule has 0 saturated heterocycles. The first-order valence-corrected chi connectivity index (χ1v) is 5.33. The van der Waals surface area contributed by atoms with Crippen molar-refractivity contribution in [3.05, 3.63) is 53.9 Å². The summed E-state index contributed by atoms with van der Waals surface area (Å²) in [6.07, 6.45) is 5.17. The van der Waals surface area contributed by atoms with Gasteiger partial charge in [0.15, 0.2) is 6.29 Å². The molecule has 1 aromatic carbocycles. The summed E-state index contributed by atoms with van der Waals surface area (Å²) in [4.78, 5) is 14.8. The Kier molecular flexibility index (Phi) is 3.10. The molecule has 0 atom stereocenters. The first-order chi connectivity index (χ1) is 7.85. The smallest absolute Gasteiger partial charge is 0.152 e. The normalized spacial score (nSPS) is 10.1. The summed E-state index contributed by atoms with van der Waals surface area (Å²) in [5.74, 6) is 0. The van der Waals surface area contributed by atoms with E-state index < -0.39 is 0 Å². The van der Waals surface area contributed by atoms with Gasteiger partial charge in [-0.1, -0.05) is 31.2 Å². The van der Waals surface area contributed by atoms with Gasteiger partial charge in [0.25, 0.3) is 0 Å². The molecule has 0 N–H and O–H groups in total. The van der Waals surface area contributed by atoms with Gasteiger partial charge >= 0.3 is 0 Å². The van der Waals surface area contributed by atoms with Gasteiger partial charge in [0.1, 0.15) is 0 Å². The number of hydrogen-bond acceptors (Lipinski definition) is 2. The molecular formula is C14H13NO. The van der Waals surface area contributed by atoms with Crippen molar-refractivity contribution < 1.29 is 4.79 Å². The minimum absolute atomic E-state index is 0.631. The summed E-state index contributed by atoms with van der Waals surface area (Å²) in [7, 11) is 0. The Morgan fingerprint density at radius 2 is 1.94 bits per heavy atom. The number of carbonyl (C=O) groups excluding carboxylic acids is 1. The fourth-order valence-corrected chi connectivity index (χ4v) is 1.68. The molecule has 0 fully saturated rings. The van der Waals surface area contributed by atoms with E-state index in [9.17, 15) is 4.79 Å². The fraction of sp³-hybridized carbons (Fsp3) is 0.143. The lowest BCUT2D eigenvalue weighted by atomic mass is 10.0. The van der Waals surface area contributed by atoms with E-state index in [0.29, 0.717) is 5.56 Å². The monoisotopic (exact) mass is 211 g/mol. The Hall–Kier alpha value is -1.96. The SMILES string of the molecule is CCc1ccc(-c2ccncc2C=O)cc1. The van der Waals surface area contributed by atoms with E-state index in [1.165, 1.54) is 5.56 Å². The molecule has 2 nitrogen and oxygen atoms in total. The quantitative estimate of drug-likeness (QED) is 0.730. The lowest BCUT2D eigenvalue weighted by molar-refractivity contribution is 0.112. The van der Waals surface area contributed by atoms with Crippen molar-refractivity contribution >= 4 is 6.29 Å². The van der Waals surface area contributed by atoms with E-state index in [-0.39, 0.29) is 0 Å². The Morgan fingerprint density at radius 3 is 2.56 bits per heavy atom. The Balaban J connectivity index is 2.46. The summed E-state index contributed by atoms with van der Waals surface area (Å²) in [5, 5.41) is 0. The highest BCUT2D eigenvalue weighted by Gasteiger charge is 2.03. The van der Waals surface area contributed by atoms with Crippen LogP contribution in [0.4, 0.5) is 0 Å². The molecule has 2 heteroatoms. The van der Waals surface area contributed by atoms with Gasteiger partial charge in [0, 0.05) is 18.0 Å². The molecule has 2 rings (SSSR count). The van der Waals surface area contributed by atoms with E-state index in [2.05, 4.69) is 24.0 Å². The molecule has 0 radical (unpaired) electrons. The predicted octanol–water partition coefficient (Wildman–Crippen LogP) is 3.12. The number of benzene rings is 1. The van der Waals surface area contributed by atoms with Crippen LogP contribution in [0.25, 0.3) is 11.1 Å². The van der Waals surface area contributed by atoms with Crippen LogP contribution in [0.5, 0.6) is 0 Å². The van der Waals surface area contributed by atoms with Gasteiger partial charge in [-0.3, -0.25) is 9.78 Å². The summed E-state index contributed by atoms with van der Waals surface area (Å²) in [6.45, 7) is 2.12. The highest BCUT2D eigenvalue weighted by molar-refractivity contribution is 5.86. The fourth-order valence-electron chi connectivity index (χ4n) is 1.68. The van der Waals surface area contributed by atoms with Crippen molar-refractivity contribution in [3.8, 4) is 11.1 Å². The number of pyridine rings is 1. The molecule has 0 aliphatic heterocycles. The topological polar surface area (TPSA) is 30.0 Å². The summed E-state index contributed by atoms with van der Waals surface area (Å²) in [6, 6.07) is 10.1. The van der Waals surface area contributed by atoms with Crippen LogP contribution in [-0.2, 0) is 6.42 Å². The Bertz CT molecular complexity index is 488. The predicted molar refractivity (Wildman–Crippen MR) is 64.4 cm³/mol. The molecule has 16 heavy (non-hydrogen) atoms. The Labute approximate surface area is 95.0 Å². The van der Waals surface area contributed by atoms with Crippen molar-refractivity contribution in [1.82, 2.24) is 4.98 Å². The first-order valence-electron chi connectivity index (χ1n) is 5.33. The maximum Gasteiger partial charge on any atom is 0.152 e. The Morgan fingerprint density at radius 1 is 1.19 bits per heavy atom. The number of aromatic nitrogens is 1. The highest BCUT2D eigenvalue weighted by Crippen LogP contribution is 2.22. The number of carbonyl (C=O) groups is 1. The van der Waals surface area contributed by atoms with Gasteiger partial charge in [0.05, 0.1) is 0 Å². The molecule has 1 aromatic heterocycles. The number of hydrogen-bond donors (Lipinski definition) is 0. The molecular weight excluding hydrogens is 198 g/mol. The molecule has 0 unspecified atom stereocenters. The van der Waals surface area contributed by atoms with Crippen molar-refractivity contribution in [3.63, 3.8) is 0 Å². The average Bonchev–Trinajstić information content (AvgIpc) is 2.39. The standard InChI is InChI=1S/C14H13NO/c1-2-11-3-5-12(6-4-11)14-7-8-15-9-13(14)10-16/h3-10H,2H2,1H3. The van der Waals surface area contributed by atoms with E-state index in [4.69, 9.17) is 0 Å². The van der Waals surface area contributed by atoms with Gasteiger partial charge < -0.3 is 0 Å². The van der Waals surface area contributed by atoms with Crippen LogP contribution in [0.2, 0.25) is 0 Å². The van der Waals surface area contributed by atoms with Crippen molar-refractivity contribution in [1.29, 1.82) is 0 Å². The number of rotatable bonds is 3. The van der Waals surface area contributed by atoms with Crippen molar-refractivity contribution in [2.75, 3.05) is 0 Å². The molecule has 0 spiro atoms.